The first-order chi connectivity index (χ1) is 17.5. The Morgan fingerprint density at radius 2 is 2.14 bits per heavy atom. The lowest BCUT2D eigenvalue weighted by atomic mass is 10.1. The summed E-state index contributed by atoms with van der Waals surface area (Å²) in [5.74, 6) is 0.367. The number of carbonyl (C=O) groups excluding carboxylic acids is 2. The van der Waals surface area contributed by atoms with Gasteiger partial charge in [0, 0.05) is 36.2 Å². The number of rotatable bonds is 2. The molecule has 2 amide bonds. The molecule has 0 aliphatic carbocycles. The minimum Gasteiger partial charge on any atom is -0.493 e. The maximum Gasteiger partial charge on any atom is 0.280 e. The van der Waals surface area contributed by atoms with Crippen molar-refractivity contribution >= 4 is 29.1 Å². The first kappa shape index (κ1) is 23.2. The van der Waals surface area contributed by atoms with Gasteiger partial charge in [0.15, 0.2) is 0 Å². The van der Waals surface area contributed by atoms with E-state index in [2.05, 4.69) is 32.2 Å². The van der Waals surface area contributed by atoms with Gasteiger partial charge >= 0.3 is 0 Å². The molecular weight excluding hydrogens is 456 g/mol. The van der Waals surface area contributed by atoms with E-state index in [4.69, 9.17) is 4.74 Å². The summed E-state index contributed by atoms with van der Waals surface area (Å²) >= 11 is 0. The SMILES string of the molecule is C=CC(=O)NC1CCCOc2ccncc2-c2cc(cc(C)n2)C(=O)/N=C2\Nc3ccccc3N2C1. The van der Waals surface area contributed by atoms with Crippen molar-refractivity contribution in [1.29, 1.82) is 0 Å². The zero-order valence-electron chi connectivity index (χ0n) is 19.9. The van der Waals surface area contributed by atoms with Gasteiger partial charge in [-0.25, -0.2) is 0 Å². The Morgan fingerprint density at radius 1 is 1.28 bits per heavy atom. The summed E-state index contributed by atoms with van der Waals surface area (Å²) in [4.78, 5) is 40.8. The Morgan fingerprint density at radius 3 is 3.00 bits per heavy atom. The van der Waals surface area contributed by atoms with E-state index < -0.39 is 5.91 Å². The Kier molecular flexibility index (Phi) is 6.44. The smallest absolute Gasteiger partial charge is 0.280 e. The fourth-order valence-electron chi connectivity index (χ4n) is 4.38. The van der Waals surface area contributed by atoms with Crippen LogP contribution < -0.4 is 20.3 Å². The molecule has 0 saturated carbocycles. The molecule has 36 heavy (non-hydrogen) atoms. The second-order valence-electron chi connectivity index (χ2n) is 8.65. The van der Waals surface area contributed by atoms with Gasteiger partial charge in [-0.1, -0.05) is 18.7 Å². The zero-order valence-corrected chi connectivity index (χ0v) is 19.9. The lowest BCUT2D eigenvalue weighted by Gasteiger charge is -2.26. The molecule has 2 aliphatic heterocycles. The minimum absolute atomic E-state index is 0.237. The summed E-state index contributed by atoms with van der Waals surface area (Å²) in [5, 5.41) is 6.26. The van der Waals surface area contributed by atoms with Gasteiger partial charge < -0.3 is 20.3 Å². The van der Waals surface area contributed by atoms with E-state index in [1.165, 1.54) is 6.08 Å². The number of hydrogen-bond donors (Lipinski definition) is 2. The molecule has 2 aromatic heterocycles. The topological polar surface area (TPSA) is 109 Å². The number of hydrogen-bond acceptors (Lipinski definition) is 7. The van der Waals surface area contributed by atoms with Crippen LogP contribution in [0.5, 0.6) is 5.75 Å². The number of ether oxygens (including phenoxy) is 1. The number of anilines is 2. The Balaban J connectivity index is 1.59. The van der Waals surface area contributed by atoms with Crippen LogP contribution in [-0.2, 0) is 4.79 Å². The third-order valence-electron chi connectivity index (χ3n) is 6.05. The fraction of sp³-hybridized carbons (Fsp3) is 0.222. The second kappa shape index (κ2) is 9.99. The Bertz CT molecular complexity index is 1370. The highest BCUT2D eigenvalue weighted by Crippen LogP contribution is 2.33. The maximum atomic E-state index is 13.4. The van der Waals surface area contributed by atoms with Crippen LogP contribution in [0.25, 0.3) is 11.3 Å². The number of nitrogens with zero attached hydrogens (tertiary/aromatic N) is 4. The molecule has 9 nitrogen and oxygen atoms in total. The fourth-order valence-corrected chi connectivity index (χ4v) is 4.38. The molecule has 3 aromatic rings. The highest BCUT2D eigenvalue weighted by atomic mass is 16.5. The van der Waals surface area contributed by atoms with Crippen LogP contribution in [0, 0.1) is 6.92 Å². The van der Waals surface area contributed by atoms with E-state index in [0.717, 1.165) is 11.4 Å². The number of pyridine rings is 2. The average Bonchev–Trinajstić information content (AvgIpc) is 3.22. The summed E-state index contributed by atoms with van der Waals surface area (Å²) < 4.78 is 6.10. The third-order valence-corrected chi connectivity index (χ3v) is 6.05. The van der Waals surface area contributed by atoms with Crippen molar-refractivity contribution in [3.63, 3.8) is 0 Å². The van der Waals surface area contributed by atoms with Crippen molar-refractivity contribution in [3.05, 3.63) is 78.8 Å². The van der Waals surface area contributed by atoms with E-state index in [0.29, 0.717) is 60.2 Å². The number of carbonyl (C=O) groups is 2. The van der Waals surface area contributed by atoms with Crippen LogP contribution in [0.15, 0.2) is 72.5 Å². The zero-order chi connectivity index (χ0) is 25.1. The third kappa shape index (κ3) is 4.81. The number of fused-ring (bicyclic) bond motifs is 7. The Hall–Kier alpha value is -4.53. The summed E-state index contributed by atoms with van der Waals surface area (Å²) in [6, 6.07) is 12.7. The van der Waals surface area contributed by atoms with E-state index >= 15 is 0 Å². The number of aliphatic imine (C=N–C) groups is 1. The van der Waals surface area contributed by atoms with Gasteiger partial charge in [0.05, 0.1) is 29.2 Å². The molecule has 5 rings (SSSR count). The molecule has 0 fully saturated rings. The molecule has 9 heteroatoms. The van der Waals surface area contributed by atoms with Crippen LogP contribution in [-0.4, -0.2) is 46.9 Å². The Labute approximate surface area is 208 Å². The van der Waals surface area contributed by atoms with Crippen LogP contribution in [0.2, 0.25) is 0 Å². The lowest BCUT2D eigenvalue weighted by molar-refractivity contribution is -0.117. The van der Waals surface area contributed by atoms with E-state index in [9.17, 15) is 9.59 Å². The second-order valence-corrected chi connectivity index (χ2v) is 8.65. The molecular formula is C27H26N6O3. The predicted octanol–water partition coefficient (Wildman–Crippen LogP) is 3.72. The summed E-state index contributed by atoms with van der Waals surface area (Å²) in [6.45, 7) is 6.26. The monoisotopic (exact) mass is 482 g/mol. The van der Waals surface area contributed by atoms with Gasteiger partial charge in [-0.05, 0) is 56.2 Å². The van der Waals surface area contributed by atoms with Gasteiger partial charge in [-0.3, -0.25) is 19.6 Å². The molecule has 1 unspecified atom stereocenters. The molecule has 0 radical (unpaired) electrons. The normalized spacial score (nSPS) is 18.6. The van der Waals surface area contributed by atoms with Gasteiger partial charge in [0.25, 0.3) is 5.91 Å². The lowest BCUT2D eigenvalue weighted by Crippen LogP contribution is -2.45. The van der Waals surface area contributed by atoms with Gasteiger partial charge in [-0.2, -0.15) is 4.99 Å². The first-order valence-electron chi connectivity index (χ1n) is 11.8. The summed E-state index contributed by atoms with van der Waals surface area (Å²) in [7, 11) is 0. The highest BCUT2D eigenvalue weighted by molar-refractivity contribution is 6.19. The molecule has 1 aromatic carbocycles. The van der Waals surface area contributed by atoms with Gasteiger partial charge in [0.2, 0.25) is 11.9 Å². The molecule has 0 spiro atoms. The van der Waals surface area contributed by atoms with Crippen LogP contribution >= 0.6 is 0 Å². The summed E-state index contributed by atoms with van der Waals surface area (Å²) in [5.41, 5.74) is 4.10. The van der Waals surface area contributed by atoms with Crippen molar-refractivity contribution in [2.24, 2.45) is 4.99 Å². The van der Waals surface area contributed by atoms with Crippen molar-refractivity contribution in [1.82, 2.24) is 15.3 Å². The molecule has 1 atom stereocenters. The molecule has 4 heterocycles. The van der Waals surface area contributed by atoms with Crippen LogP contribution in [0.3, 0.4) is 0 Å². The average molecular weight is 483 g/mol. The number of aromatic nitrogens is 2. The van der Waals surface area contributed by atoms with Gasteiger partial charge in [-0.15, -0.1) is 0 Å². The summed E-state index contributed by atoms with van der Waals surface area (Å²) in [6.07, 6.45) is 5.92. The number of aryl methyl sites for hydroxylation is 1. The van der Waals surface area contributed by atoms with Crippen molar-refractivity contribution < 1.29 is 14.3 Å². The number of para-hydroxylation sites is 2. The quantitative estimate of drug-likeness (QED) is 0.536. The largest absolute Gasteiger partial charge is 0.493 e. The highest BCUT2D eigenvalue weighted by Gasteiger charge is 2.29. The maximum absolute atomic E-state index is 13.4. The standard InChI is InChI=1S/C27H26N6O3/c1-3-25(34)30-19-7-6-12-36-24-10-11-28-15-20(24)22-14-18(13-17(2)29-22)26(35)32-27-31-21-8-4-5-9-23(21)33(27)16-19/h3-5,8-11,13-15,19H,1,6-7,12,16H2,2H3,(H,30,34)(H,31,32,35). The predicted molar refractivity (Wildman–Crippen MR) is 138 cm³/mol. The minimum atomic E-state index is -0.407. The molecule has 182 valence electrons. The molecule has 0 saturated heterocycles. The van der Waals surface area contributed by atoms with E-state index in [1.807, 2.05) is 36.1 Å². The van der Waals surface area contributed by atoms with Crippen LogP contribution in [0.4, 0.5) is 11.4 Å². The van der Waals surface area contributed by atoms with Crippen LogP contribution in [0.1, 0.15) is 28.9 Å². The molecule has 2 bridgehead atoms. The number of guanidine groups is 1. The van der Waals surface area contributed by atoms with Crippen molar-refractivity contribution in [2.75, 3.05) is 23.4 Å². The van der Waals surface area contributed by atoms with Crippen molar-refractivity contribution in [2.45, 2.75) is 25.8 Å². The number of benzene rings is 1. The van der Waals surface area contributed by atoms with E-state index in [-0.39, 0.29) is 11.9 Å². The molecule has 2 aliphatic rings. The van der Waals surface area contributed by atoms with Crippen molar-refractivity contribution in [3.8, 4) is 17.0 Å². The molecule has 2 N–H and O–H groups in total. The number of amides is 2. The first-order valence-corrected chi connectivity index (χ1v) is 11.8. The van der Waals surface area contributed by atoms with E-state index in [1.54, 1.807) is 30.6 Å². The van der Waals surface area contributed by atoms with Gasteiger partial charge in [0.1, 0.15) is 5.75 Å². The number of nitrogens with one attached hydrogen (secondary N) is 2.